The van der Waals surface area contributed by atoms with E-state index in [9.17, 15) is 5.11 Å². The largest absolute Gasteiger partial charge is 0.494 e. The van der Waals surface area contributed by atoms with Crippen LogP contribution in [-0.4, -0.2) is 24.4 Å². The molecule has 0 aliphatic rings. The number of hydrogen-bond acceptors (Lipinski definition) is 3. The SMILES string of the molecule is COc1c(Cl)cc(CCC(O)C(C)N)cc1Cl. The maximum Gasteiger partial charge on any atom is 0.156 e. The van der Waals surface area contributed by atoms with Crippen molar-refractivity contribution in [2.45, 2.75) is 31.9 Å². The normalized spacial score (nSPS) is 14.5. The van der Waals surface area contributed by atoms with Crippen LogP contribution in [-0.2, 0) is 6.42 Å². The highest BCUT2D eigenvalue weighted by Gasteiger charge is 2.12. The number of methoxy groups -OCH3 is 1. The van der Waals surface area contributed by atoms with Crippen LogP contribution in [0.2, 0.25) is 10.0 Å². The Morgan fingerprint density at radius 2 is 1.88 bits per heavy atom. The first-order valence-corrected chi connectivity index (χ1v) is 6.16. The van der Waals surface area contributed by atoms with E-state index >= 15 is 0 Å². The average Bonchev–Trinajstić information content (AvgIpc) is 2.25. The molecule has 0 amide bonds. The number of ether oxygens (including phenoxy) is 1. The molecule has 1 aromatic carbocycles. The van der Waals surface area contributed by atoms with Crippen LogP contribution in [0.25, 0.3) is 0 Å². The smallest absolute Gasteiger partial charge is 0.156 e. The summed E-state index contributed by atoms with van der Waals surface area (Å²) in [4.78, 5) is 0. The van der Waals surface area contributed by atoms with Crippen molar-refractivity contribution in [3.8, 4) is 5.75 Å². The highest BCUT2D eigenvalue weighted by molar-refractivity contribution is 6.37. The Hall–Kier alpha value is -0.480. The summed E-state index contributed by atoms with van der Waals surface area (Å²) in [6.07, 6.45) is 0.734. The van der Waals surface area contributed by atoms with Crippen LogP contribution < -0.4 is 10.5 Å². The minimum atomic E-state index is -0.519. The molecule has 0 radical (unpaired) electrons. The standard InChI is InChI=1S/C12H17Cl2NO2/c1-7(15)11(16)4-3-8-5-9(13)12(17-2)10(14)6-8/h5-7,11,16H,3-4,15H2,1-2H3. The van der Waals surface area contributed by atoms with Gasteiger partial charge in [-0.2, -0.15) is 0 Å². The van der Waals surface area contributed by atoms with Gasteiger partial charge < -0.3 is 15.6 Å². The molecule has 0 aromatic heterocycles. The van der Waals surface area contributed by atoms with E-state index < -0.39 is 6.10 Å². The maximum absolute atomic E-state index is 9.61. The first-order valence-electron chi connectivity index (χ1n) is 5.41. The second-order valence-electron chi connectivity index (χ2n) is 4.06. The van der Waals surface area contributed by atoms with Crippen LogP contribution in [0.4, 0.5) is 0 Å². The van der Waals surface area contributed by atoms with Gasteiger partial charge in [0, 0.05) is 6.04 Å². The Labute approximate surface area is 111 Å². The highest BCUT2D eigenvalue weighted by atomic mass is 35.5. The number of benzene rings is 1. The van der Waals surface area contributed by atoms with Crippen molar-refractivity contribution in [3.63, 3.8) is 0 Å². The Morgan fingerprint density at radius 3 is 2.29 bits per heavy atom. The van der Waals surface area contributed by atoms with E-state index in [1.54, 1.807) is 19.1 Å². The number of aliphatic hydroxyl groups excluding tert-OH is 1. The van der Waals surface area contributed by atoms with Crippen LogP contribution in [0.3, 0.4) is 0 Å². The fraction of sp³-hybridized carbons (Fsp3) is 0.500. The number of hydrogen-bond donors (Lipinski definition) is 2. The van der Waals surface area contributed by atoms with Crippen molar-refractivity contribution in [2.24, 2.45) is 5.73 Å². The van der Waals surface area contributed by atoms with Gasteiger partial charge >= 0.3 is 0 Å². The molecule has 2 atom stereocenters. The molecule has 3 N–H and O–H groups in total. The molecule has 0 aliphatic heterocycles. The zero-order chi connectivity index (χ0) is 13.0. The maximum atomic E-state index is 9.61. The summed E-state index contributed by atoms with van der Waals surface area (Å²) in [5.41, 5.74) is 6.54. The van der Waals surface area contributed by atoms with Crippen molar-refractivity contribution < 1.29 is 9.84 Å². The Balaban J connectivity index is 2.73. The number of aliphatic hydroxyl groups is 1. The van der Waals surface area contributed by atoms with Gasteiger partial charge in [0.05, 0.1) is 23.3 Å². The molecule has 0 fully saturated rings. The quantitative estimate of drug-likeness (QED) is 0.870. The Kier molecular flexibility index (Phi) is 5.53. The van der Waals surface area contributed by atoms with E-state index in [1.165, 1.54) is 7.11 Å². The molecule has 0 spiro atoms. The van der Waals surface area contributed by atoms with Gasteiger partial charge in [0.2, 0.25) is 0 Å². The minimum Gasteiger partial charge on any atom is -0.494 e. The van der Waals surface area contributed by atoms with Crippen molar-refractivity contribution in [1.82, 2.24) is 0 Å². The molecule has 0 aliphatic carbocycles. The fourth-order valence-electron chi connectivity index (χ4n) is 1.53. The van der Waals surface area contributed by atoms with Gasteiger partial charge in [-0.15, -0.1) is 0 Å². The highest BCUT2D eigenvalue weighted by Crippen LogP contribution is 2.34. The average molecular weight is 278 g/mol. The lowest BCUT2D eigenvalue weighted by Gasteiger charge is -2.14. The molecule has 3 nitrogen and oxygen atoms in total. The van der Waals surface area contributed by atoms with Crippen LogP contribution in [0, 0.1) is 0 Å². The number of halogens is 2. The molecule has 1 aromatic rings. The van der Waals surface area contributed by atoms with E-state index in [0.717, 1.165) is 5.56 Å². The van der Waals surface area contributed by atoms with Crippen molar-refractivity contribution in [3.05, 3.63) is 27.7 Å². The number of nitrogens with two attached hydrogens (primary N) is 1. The van der Waals surface area contributed by atoms with Crippen LogP contribution in [0.5, 0.6) is 5.75 Å². The monoisotopic (exact) mass is 277 g/mol. The second kappa shape index (κ2) is 6.45. The zero-order valence-electron chi connectivity index (χ0n) is 9.91. The van der Waals surface area contributed by atoms with Gasteiger partial charge in [0.15, 0.2) is 5.75 Å². The van der Waals surface area contributed by atoms with Crippen molar-refractivity contribution >= 4 is 23.2 Å². The number of aryl methyl sites for hydroxylation is 1. The van der Waals surface area contributed by atoms with Crippen LogP contribution in [0.15, 0.2) is 12.1 Å². The summed E-state index contributed by atoms with van der Waals surface area (Å²) < 4.78 is 5.06. The van der Waals surface area contributed by atoms with Gasteiger partial charge in [-0.05, 0) is 37.5 Å². The minimum absolute atomic E-state index is 0.237. The van der Waals surface area contributed by atoms with Crippen molar-refractivity contribution in [2.75, 3.05) is 7.11 Å². The summed E-state index contributed by atoms with van der Waals surface area (Å²) in [7, 11) is 1.52. The van der Waals surface area contributed by atoms with E-state index in [-0.39, 0.29) is 6.04 Å². The zero-order valence-corrected chi connectivity index (χ0v) is 11.4. The van der Waals surface area contributed by atoms with Gasteiger partial charge in [0.1, 0.15) is 0 Å². The third kappa shape index (κ3) is 4.03. The molecular weight excluding hydrogens is 261 g/mol. The van der Waals surface area contributed by atoms with Gasteiger partial charge in [0.25, 0.3) is 0 Å². The molecule has 0 heterocycles. The van der Waals surface area contributed by atoms with Gasteiger partial charge in [-0.3, -0.25) is 0 Å². The first kappa shape index (κ1) is 14.6. The van der Waals surface area contributed by atoms with Gasteiger partial charge in [-0.25, -0.2) is 0 Å². The molecule has 96 valence electrons. The Morgan fingerprint density at radius 1 is 1.35 bits per heavy atom. The lowest BCUT2D eigenvalue weighted by molar-refractivity contribution is 0.141. The third-order valence-corrected chi connectivity index (χ3v) is 3.16. The summed E-state index contributed by atoms with van der Waals surface area (Å²) in [6.45, 7) is 1.78. The van der Waals surface area contributed by atoms with E-state index in [2.05, 4.69) is 0 Å². The molecule has 17 heavy (non-hydrogen) atoms. The van der Waals surface area contributed by atoms with Crippen LogP contribution >= 0.6 is 23.2 Å². The first-order chi connectivity index (χ1) is 7.95. The summed E-state index contributed by atoms with van der Waals surface area (Å²) in [6, 6.07) is 3.35. The fourth-order valence-corrected chi connectivity index (χ4v) is 2.22. The lowest BCUT2D eigenvalue weighted by atomic mass is 10.0. The predicted octanol–water partition coefficient (Wildman–Crippen LogP) is 2.64. The summed E-state index contributed by atoms with van der Waals surface area (Å²) in [5.74, 6) is 0.477. The predicted molar refractivity (Wildman–Crippen MR) is 71.0 cm³/mol. The molecule has 5 heteroatoms. The summed E-state index contributed by atoms with van der Waals surface area (Å²) >= 11 is 12.0. The van der Waals surface area contributed by atoms with E-state index in [0.29, 0.717) is 28.6 Å². The van der Waals surface area contributed by atoms with Gasteiger partial charge in [-0.1, -0.05) is 23.2 Å². The van der Waals surface area contributed by atoms with E-state index in [1.807, 2.05) is 0 Å². The number of rotatable bonds is 5. The second-order valence-corrected chi connectivity index (χ2v) is 4.87. The lowest BCUT2D eigenvalue weighted by Crippen LogP contribution is -2.31. The molecule has 1 rings (SSSR count). The molecule has 0 saturated carbocycles. The molecule has 0 saturated heterocycles. The summed E-state index contributed by atoms with van der Waals surface area (Å²) in [5, 5.41) is 10.6. The van der Waals surface area contributed by atoms with E-state index in [4.69, 9.17) is 33.7 Å². The van der Waals surface area contributed by atoms with Crippen molar-refractivity contribution in [1.29, 1.82) is 0 Å². The van der Waals surface area contributed by atoms with Crippen LogP contribution in [0.1, 0.15) is 18.9 Å². The topological polar surface area (TPSA) is 55.5 Å². The molecule has 0 bridgehead atoms. The Bertz CT molecular complexity index is 360. The molecule has 2 unspecified atom stereocenters. The molecular formula is C12H17Cl2NO2. The third-order valence-electron chi connectivity index (χ3n) is 2.60.